The second-order valence-electron chi connectivity index (χ2n) is 3.77. The first-order chi connectivity index (χ1) is 8.43. The zero-order valence-corrected chi connectivity index (χ0v) is 9.20. The Bertz CT molecular complexity index is 590. The standard InChI is InChI=1S/C13H7F5/c1-6-10(15)12(17)9(13(18)11(6)16)7-3-2-4-8(14)5-7/h2-5H,1H3. The average Bonchev–Trinajstić information content (AvgIpc) is 2.34. The Balaban J connectivity index is 2.80. The van der Waals surface area contributed by atoms with Gasteiger partial charge in [0.25, 0.3) is 0 Å². The lowest BCUT2D eigenvalue weighted by Crippen LogP contribution is -2.03. The Hall–Kier alpha value is -1.91. The summed E-state index contributed by atoms with van der Waals surface area (Å²) in [5, 5.41) is 0. The Kier molecular flexibility index (Phi) is 3.07. The van der Waals surface area contributed by atoms with Crippen molar-refractivity contribution < 1.29 is 22.0 Å². The fraction of sp³-hybridized carbons (Fsp3) is 0.0769. The van der Waals surface area contributed by atoms with Crippen molar-refractivity contribution in [2.45, 2.75) is 6.92 Å². The van der Waals surface area contributed by atoms with Gasteiger partial charge in [0.2, 0.25) is 0 Å². The molecule has 0 atom stereocenters. The maximum Gasteiger partial charge on any atom is 0.170 e. The van der Waals surface area contributed by atoms with Gasteiger partial charge in [0.1, 0.15) is 5.82 Å². The van der Waals surface area contributed by atoms with Crippen LogP contribution in [0.2, 0.25) is 0 Å². The highest BCUT2D eigenvalue weighted by molar-refractivity contribution is 5.65. The van der Waals surface area contributed by atoms with E-state index in [1.807, 2.05) is 0 Å². The lowest BCUT2D eigenvalue weighted by atomic mass is 10.0. The van der Waals surface area contributed by atoms with Gasteiger partial charge in [0.15, 0.2) is 23.3 Å². The summed E-state index contributed by atoms with van der Waals surface area (Å²) in [5.41, 5.74) is -1.91. The molecule has 0 aliphatic rings. The predicted molar refractivity (Wildman–Crippen MR) is 56.4 cm³/mol. The van der Waals surface area contributed by atoms with Crippen molar-refractivity contribution in [1.29, 1.82) is 0 Å². The van der Waals surface area contributed by atoms with E-state index in [1.54, 1.807) is 0 Å². The van der Waals surface area contributed by atoms with E-state index in [4.69, 9.17) is 0 Å². The van der Waals surface area contributed by atoms with Crippen LogP contribution >= 0.6 is 0 Å². The van der Waals surface area contributed by atoms with Crippen LogP contribution in [-0.4, -0.2) is 0 Å². The van der Waals surface area contributed by atoms with Gasteiger partial charge in [-0.2, -0.15) is 0 Å². The molecule has 0 bridgehead atoms. The molecule has 2 rings (SSSR count). The van der Waals surface area contributed by atoms with Crippen molar-refractivity contribution in [2.75, 3.05) is 0 Å². The first-order valence-electron chi connectivity index (χ1n) is 5.02. The molecule has 0 aliphatic heterocycles. The van der Waals surface area contributed by atoms with Gasteiger partial charge in [-0.3, -0.25) is 0 Å². The largest absolute Gasteiger partial charge is 0.207 e. The molecule has 0 aliphatic carbocycles. The van der Waals surface area contributed by atoms with E-state index in [1.165, 1.54) is 12.1 Å². The highest BCUT2D eigenvalue weighted by Crippen LogP contribution is 2.31. The summed E-state index contributed by atoms with van der Waals surface area (Å²) in [6.07, 6.45) is 0. The normalized spacial score (nSPS) is 10.8. The molecule has 0 spiro atoms. The number of hydrogen-bond acceptors (Lipinski definition) is 0. The molecule has 0 heterocycles. The summed E-state index contributed by atoms with van der Waals surface area (Å²) in [6, 6.07) is 4.22. The van der Waals surface area contributed by atoms with Gasteiger partial charge >= 0.3 is 0 Å². The first kappa shape index (κ1) is 12.5. The SMILES string of the molecule is Cc1c(F)c(F)c(-c2cccc(F)c2)c(F)c1F. The molecular formula is C13H7F5. The summed E-state index contributed by atoms with van der Waals surface area (Å²) in [7, 11) is 0. The summed E-state index contributed by atoms with van der Waals surface area (Å²) in [4.78, 5) is 0. The quantitative estimate of drug-likeness (QED) is 0.526. The molecular weight excluding hydrogens is 251 g/mol. The summed E-state index contributed by atoms with van der Waals surface area (Å²) < 4.78 is 66.9. The fourth-order valence-electron chi connectivity index (χ4n) is 1.64. The Morgan fingerprint density at radius 1 is 0.778 bits per heavy atom. The molecule has 0 radical (unpaired) electrons. The maximum absolute atomic E-state index is 13.6. The van der Waals surface area contributed by atoms with Crippen LogP contribution in [0.1, 0.15) is 5.56 Å². The molecule has 2 aromatic carbocycles. The highest BCUT2D eigenvalue weighted by atomic mass is 19.2. The topological polar surface area (TPSA) is 0 Å². The van der Waals surface area contributed by atoms with Gasteiger partial charge < -0.3 is 0 Å². The van der Waals surface area contributed by atoms with E-state index in [-0.39, 0.29) is 5.56 Å². The van der Waals surface area contributed by atoms with Crippen molar-refractivity contribution in [3.05, 3.63) is 58.9 Å². The lowest BCUT2D eigenvalue weighted by molar-refractivity contribution is 0.449. The third-order valence-corrected chi connectivity index (χ3v) is 2.60. The number of hydrogen-bond donors (Lipinski definition) is 0. The van der Waals surface area contributed by atoms with Crippen molar-refractivity contribution >= 4 is 0 Å². The zero-order valence-electron chi connectivity index (χ0n) is 9.20. The molecule has 0 saturated carbocycles. The summed E-state index contributed by atoms with van der Waals surface area (Å²) in [5.74, 6) is -6.77. The molecule has 0 N–H and O–H groups in total. The van der Waals surface area contributed by atoms with Crippen molar-refractivity contribution in [2.24, 2.45) is 0 Å². The highest BCUT2D eigenvalue weighted by Gasteiger charge is 2.24. The van der Waals surface area contributed by atoms with Crippen LogP contribution in [0.25, 0.3) is 11.1 Å². The van der Waals surface area contributed by atoms with Gasteiger partial charge in [-0.25, -0.2) is 22.0 Å². The lowest BCUT2D eigenvalue weighted by Gasteiger charge is -2.09. The van der Waals surface area contributed by atoms with Crippen molar-refractivity contribution in [3.63, 3.8) is 0 Å². The van der Waals surface area contributed by atoms with E-state index in [9.17, 15) is 22.0 Å². The summed E-state index contributed by atoms with van der Waals surface area (Å²) in [6.45, 7) is 0.923. The van der Waals surface area contributed by atoms with E-state index in [0.717, 1.165) is 19.1 Å². The van der Waals surface area contributed by atoms with Crippen LogP contribution in [0, 0.1) is 36.0 Å². The van der Waals surface area contributed by atoms with Crippen LogP contribution < -0.4 is 0 Å². The van der Waals surface area contributed by atoms with E-state index in [0.29, 0.717) is 0 Å². The maximum atomic E-state index is 13.6. The van der Waals surface area contributed by atoms with Gasteiger partial charge in [-0.15, -0.1) is 0 Å². The minimum absolute atomic E-state index is 0.261. The molecule has 18 heavy (non-hydrogen) atoms. The molecule has 0 aromatic heterocycles. The second-order valence-corrected chi connectivity index (χ2v) is 3.77. The monoisotopic (exact) mass is 258 g/mol. The van der Waals surface area contributed by atoms with Gasteiger partial charge in [0.05, 0.1) is 5.56 Å². The first-order valence-corrected chi connectivity index (χ1v) is 5.02. The van der Waals surface area contributed by atoms with Crippen molar-refractivity contribution in [1.82, 2.24) is 0 Å². The van der Waals surface area contributed by atoms with Crippen LogP contribution in [0.5, 0.6) is 0 Å². The van der Waals surface area contributed by atoms with Gasteiger partial charge in [0, 0.05) is 5.56 Å². The minimum atomic E-state index is -1.53. The number of benzene rings is 2. The molecule has 0 saturated heterocycles. The Morgan fingerprint density at radius 2 is 1.33 bits per heavy atom. The summed E-state index contributed by atoms with van der Waals surface area (Å²) >= 11 is 0. The fourth-order valence-corrected chi connectivity index (χ4v) is 1.64. The van der Waals surface area contributed by atoms with E-state index in [2.05, 4.69) is 0 Å². The van der Waals surface area contributed by atoms with Crippen LogP contribution in [-0.2, 0) is 0 Å². The van der Waals surface area contributed by atoms with E-state index >= 15 is 0 Å². The van der Waals surface area contributed by atoms with Gasteiger partial charge in [-0.1, -0.05) is 12.1 Å². The van der Waals surface area contributed by atoms with Crippen LogP contribution in [0.4, 0.5) is 22.0 Å². The predicted octanol–water partition coefficient (Wildman–Crippen LogP) is 4.36. The number of halogens is 5. The molecule has 0 fully saturated rings. The molecule has 0 unspecified atom stereocenters. The minimum Gasteiger partial charge on any atom is -0.207 e. The molecule has 94 valence electrons. The van der Waals surface area contributed by atoms with Crippen molar-refractivity contribution in [3.8, 4) is 11.1 Å². The van der Waals surface area contributed by atoms with Crippen LogP contribution in [0.15, 0.2) is 24.3 Å². The average molecular weight is 258 g/mol. The van der Waals surface area contributed by atoms with Crippen LogP contribution in [0.3, 0.4) is 0 Å². The second kappa shape index (κ2) is 4.40. The Morgan fingerprint density at radius 3 is 1.83 bits per heavy atom. The van der Waals surface area contributed by atoms with Gasteiger partial charge in [-0.05, 0) is 24.6 Å². The molecule has 5 heteroatoms. The zero-order chi connectivity index (χ0) is 13.4. The third-order valence-electron chi connectivity index (χ3n) is 2.60. The smallest absolute Gasteiger partial charge is 0.170 e. The Labute approximate surface area is 99.7 Å². The van der Waals surface area contributed by atoms with E-state index < -0.39 is 40.2 Å². The third kappa shape index (κ3) is 1.85. The molecule has 0 amide bonds. The molecule has 0 nitrogen and oxygen atoms in total. The molecule has 2 aromatic rings. The number of rotatable bonds is 1.